The zero-order chi connectivity index (χ0) is 20.9. The summed E-state index contributed by atoms with van der Waals surface area (Å²) in [6.45, 7) is 4.59. The minimum Gasteiger partial charge on any atom is -0.494 e. The Labute approximate surface area is 172 Å². The highest BCUT2D eigenvalue weighted by molar-refractivity contribution is 7.92. The average molecular weight is 417 g/mol. The van der Waals surface area contributed by atoms with E-state index in [0.29, 0.717) is 29.5 Å². The summed E-state index contributed by atoms with van der Waals surface area (Å²) in [5.41, 5.74) is 0.907. The molecule has 2 aromatic rings. The molecule has 2 aromatic carbocycles. The van der Waals surface area contributed by atoms with Crippen molar-refractivity contribution in [3.05, 3.63) is 54.1 Å². The first kappa shape index (κ1) is 21.2. The second kappa shape index (κ2) is 9.31. The second-order valence-electron chi connectivity index (χ2n) is 7.43. The van der Waals surface area contributed by atoms with E-state index in [1.807, 2.05) is 6.92 Å². The van der Waals surface area contributed by atoms with E-state index >= 15 is 0 Å². The first-order valence-electron chi connectivity index (χ1n) is 10.1. The van der Waals surface area contributed by atoms with Crippen LogP contribution in [-0.2, 0) is 10.0 Å². The third-order valence-electron chi connectivity index (χ3n) is 5.27. The van der Waals surface area contributed by atoms with Crippen molar-refractivity contribution in [1.29, 1.82) is 0 Å². The molecule has 6 nitrogen and oxygen atoms in total. The van der Waals surface area contributed by atoms with E-state index in [1.54, 1.807) is 36.4 Å². The summed E-state index contributed by atoms with van der Waals surface area (Å²) in [4.78, 5) is 12.6. The van der Waals surface area contributed by atoms with Crippen LogP contribution < -0.4 is 14.8 Å². The summed E-state index contributed by atoms with van der Waals surface area (Å²) >= 11 is 0. The highest BCUT2D eigenvalue weighted by Gasteiger charge is 2.23. The van der Waals surface area contributed by atoms with Gasteiger partial charge in [-0.25, -0.2) is 8.42 Å². The van der Waals surface area contributed by atoms with Crippen molar-refractivity contribution in [3.63, 3.8) is 0 Å². The Bertz CT molecular complexity index is 924. The van der Waals surface area contributed by atoms with Crippen LogP contribution in [0.25, 0.3) is 0 Å². The van der Waals surface area contributed by atoms with Gasteiger partial charge in [0.2, 0.25) is 0 Å². The van der Waals surface area contributed by atoms with Gasteiger partial charge in [-0.15, -0.1) is 0 Å². The summed E-state index contributed by atoms with van der Waals surface area (Å²) in [6, 6.07) is 12.9. The van der Waals surface area contributed by atoms with Gasteiger partial charge in [-0.1, -0.05) is 19.8 Å². The van der Waals surface area contributed by atoms with Gasteiger partial charge < -0.3 is 10.1 Å². The van der Waals surface area contributed by atoms with Crippen LogP contribution in [0.2, 0.25) is 0 Å². The maximum Gasteiger partial charge on any atom is 0.261 e. The normalized spacial score (nSPS) is 19.4. The fourth-order valence-electron chi connectivity index (χ4n) is 3.57. The predicted octanol–water partition coefficient (Wildman–Crippen LogP) is 4.19. The summed E-state index contributed by atoms with van der Waals surface area (Å²) in [6.07, 6.45) is 4.45. The zero-order valence-corrected chi connectivity index (χ0v) is 17.7. The molecular formula is C22H28N2O4S. The van der Waals surface area contributed by atoms with Crippen LogP contribution in [0.1, 0.15) is 49.9 Å². The van der Waals surface area contributed by atoms with Gasteiger partial charge in [0.1, 0.15) is 5.75 Å². The van der Waals surface area contributed by atoms with Crippen molar-refractivity contribution in [2.24, 2.45) is 5.92 Å². The molecule has 0 aliphatic heterocycles. The molecule has 0 bridgehead atoms. The van der Waals surface area contributed by atoms with Crippen molar-refractivity contribution in [1.82, 2.24) is 5.32 Å². The van der Waals surface area contributed by atoms with E-state index < -0.39 is 10.0 Å². The molecule has 0 radical (unpaired) electrons. The minimum absolute atomic E-state index is 0.106. The van der Waals surface area contributed by atoms with Gasteiger partial charge in [0.25, 0.3) is 15.9 Å². The standard InChI is InChI=1S/C22H28N2O4S/c1-3-28-19-12-10-18(11-13-19)24-29(26,27)20-14-8-17(9-15-20)22(25)23-21-7-5-4-6-16(21)2/h8-16,21,24H,3-7H2,1-2H3,(H,23,25)/t16-,21-/m0/s1. The van der Waals surface area contributed by atoms with Gasteiger partial charge in [-0.05, 0) is 74.2 Å². The number of hydrogen-bond donors (Lipinski definition) is 2. The fraction of sp³-hybridized carbons (Fsp3) is 0.409. The van der Waals surface area contributed by atoms with Gasteiger partial charge in [-0.2, -0.15) is 0 Å². The lowest BCUT2D eigenvalue weighted by molar-refractivity contribution is 0.0910. The Morgan fingerprint density at radius 3 is 2.31 bits per heavy atom. The number of ether oxygens (including phenoxy) is 1. The first-order valence-corrected chi connectivity index (χ1v) is 11.5. The molecule has 29 heavy (non-hydrogen) atoms. The van der Waals surface area contributed by atoms with Crippen LogP contribution in [0, 0.1) is 5.92 Å². The van der Waals surface area contributed by atoms with E-state index in [-0.39, 0.29) is 16.8 Å². The molecule has 1 aliphatic carbocycles. The first-order chi connectivity index (χ1) is 13.9. The number of hydrogen-bond acceptors (Lipinski definition) is 4. The molecule has 3 rings (SSSR count). The molecule has 1 amide bonds. The summed E-state index contributed by atoms with van der Waals surface area (Å²) < 4.78 is 33.1. The van der Waals surface area contributed by atoms with Crippen LogP contribution in [0.5, 0.6) is 5.75 Å². The molecule has 0 saturated heterocycles. The fourth-order valence-corrected chi connectivity index (χ4v) is 4.63. The van der Waals surface area contributed by atoms with Gasteiger partial charge in [0.05, 0.1) is 11.5 Å². The molecule has 0 spiro atoms. The molecule has 156 valence electrons. The number of rotatable bonds is 7. The Hall–Kier alpha value is -2.54. The smallest absolute Gasteiger partial charge is 0.261 e. The average Bonchev–Trinajstić information content (AvgIpc) is 2.71. The van der Waals surface area contributed by atoms with Crippen molar-refractivity contribution in [2.75, 3.05) is 11.3 Å². The molecule has 7 heteroatoms. The minimum atomic E-state index is -3.74. The quantitative estimate of drug-likeness (QED) is 0.709. The van der Waals surface area contributed by atoms with E-state index in [9.17, 15) is 13.2 Å². The Balaban J connectivity index is 1.65. The van der Waals surface area contributed by atoms with Crippen molar-refractivity contribution in [3.8, 4) is 5.75 Å². The van der Waals surface area contributed by atoms with Crippen molar-refractivity contribution >= 4 is 21.6 Å². The lowest BCUT2D eigenvalue weighted by Crippen LogP contribution is -2.41. The highest BCUT2D eigenvalue weighted by atomic mass is 32.2. The van der Waals surface area contributed by atoms with Gasteiger partial charge >= 0.3 is 0 Å². The van der Waals surface area contributed by atoms with E-state index in [1.165, 1.54) is 18.6 Å². The highest BCUT2D eigenvalue weighted by Crippen LogP contribution is 2.24. The molecule has 1 aliphatic rings. The Kier molecular flexibility index (Phi) is 6.79. The van der Waals surface area contributed by atoms with E-state index in [2.05, 4.69) is 17.0 Å². The van der Waals surface area contributed by atoms with Crippen LogP contribution in [0.3, 0.4) is 0 Å². The summed E-state index contributed by atoms with van der Waals surface area (Å²) in [5, 5.41) is 3.08. The Morgan fingerprint density at radius 1 is 1.03 bits per heavy atom. The SMILES string of the molecule is CCOc1ccc(NS(=O)(=O)c2ccc(C(=O)N[C@H]3CCCC[C@@H]3C)cc2)cc1. The van der Waals surface area contributed by atoms with Crippen molar-refractivity contribution in [2.45, 2.75) is 50.5 Å². The number of amides is 1. The molecule has 0 heterocycles. The molecule has 0 unspecified atom stereocenters. The molecule has 1 fully saturated rings. The van der Waals surface area contributed by atoms with Crippen LogP contribution >= 0.6 is 0 Å². The largest absolute Gasteiger partial charge is 0.494 e. The van der Waals surface area contributed by atoms with Crippen LogP contribution in [-0.4, -0.2) is 27.0 Å². The molecule has 2 N–H and O–H groups in total. The number of nitrogens with one attached hydrogen (secondary N) is 2. The topological polar surface area (TPSA) is 84.5 Å². The number of sulfonamides is 1. The van der Waals surface area contributed by atoms with Crippen molar-refractivity contribution < 1.29 is 17.9 Å². The molecule has 0 aromatic heterocycles. The second-order valence-corrected chi connectivity index (χ2v) is 9.11. The number of anilines is 1. The van der Waals surface area contributed by atoms with Gasteiger partial charge in [-0.3, -0.25) is 9.52 Å². The Morgan fingerprint density at radius 2 is 1.69 bits per heavy atom. The molecular weight excluding hydrogens is 388 g/mol. The monoisotopic (exact) mass is 416 g/mol. The van der Waals surface area contributed by atoms with E-state index in [0.717, 1.165) is 19.3 Å². The van der Waals surface area contributed by atoms with Crippen LogP contribution in [0.4, 0.5) is 5.69 Å². The third kappa shape index (κ3) is 5.50. The molecule has 1 saturated carbocycles. The predicted molar refractivity (Wildman–Crippen MR) is 114 cm³/mol. The maximum atomic E-state index is 12.6. The lowest BCUT2D eigenvalue weighted by atomic mass is 9.86. The molecule has 2 atom stereocenters. The summed E-state index contributed by atoms with van der Waals surface area (Å²) in [5.74, 6) is 0.982. The lowest BCUT2D eigenvalue weighted by Gasteiger charge is -2.29. The maximum absolute atomic E-state index is 12.6. The van der Waals surface area contributed by atoms with Gasteiger partial charge in [0.15, 0.2) is 0 Å². The number of benzene rings is 2. The number of carbonyl (C=O) groups excluding carboxylic acids is 1. The van der Waals surface area contributed by atoms with Gasteiger partial charge in [0, 0.05) is 17.3 Å². The van der Waals surface area contributed by atoms with Crippen LogP contribution in [0.15, 0.2) is 53.4 Å². The summed E-state index contributed by atoms with van der Waals surface area (Å²) in [7, 11) is -3.74. The van der Waals surface area contributed by atoms with E-state index in [4.69, 9.17) is 4.74 Å². The number of carbonyl (C=O) groups is 1. The third-order valence-corrected chi connectivity index (χ3v) is 6.67. The zero-order valence-electron chi connectivity index (χ0n) is 16.9.